The van der Waals surface area contributed by atoms with Gasteiger partial charge in [-0.25, -0.2) is 0 Å². The van der Waals surface area contributed by atoms with Crippen molar-refractivity contribution in [3.8, 4) is 0 Å². The molecule has 0 aliphatic heterocycles. The van der Waals surface area contributed by atoms with E-state index >= 15 is 0 Å². The van der Waals surface area contributed by atoms with Crippen LogP contribution < -0.4 is 0 Å². The predicted octanol–water partition coefficient (Wildman–Crippen LogP) is 6.23. The van der Waals surface area contributed by atoms with Crippen molar-refractivity contribution in [2.75, 3.05) is 21.3 Å². The van der Waals surface area contributed by atoms with E-state index < -0.39 is 0 Å². The van der Waals surface area contributed by atoms with Gasteiger partial charge in [-0.1, -0.05) is 76.3 Å². The molecule has 0 fully saturated rings. The fourth-order valence-electron chi connectivity index (χ4n) is 3.10. The van der Waals surface area contributed by atoms with Crippen molar-refractivity contribution >= 4 is 5.97 Å². The minimum absolute atomic E-state index is 0.0928. The molecule has 0 aliphatic rings. The molecule has 0 aromatic heterocycles. The summed E-state index contributed by atoms with van der Waals surface area (Å²) in [6, 6.07) is 0. The van der Waals surface area contributed by atoms with E-state index in [9.17, 15) is 4.79 Å². The molecule has 162 valence electrons. The Bertz CT molecular complexity index is 450. The van der Waals surface area contributed by atoms with Crippen molar-refractivity contribution < 1.29 is 19.0 Å². The second kappa shape index (κ2) is 18.9. The molecule has 0 N–H and O–H groups in total. The van der Waals surface area contributed by atoms with Gasteiger partial charge in [0.1, 0.15) is 0 Å². The molecule has 4 heteroatoms. The van der Waals surface area contributed by atoms with Gasteiger partial charge in [0.15, 0.2) is 6.29 Å². The van der Waals surface area contributed by atoms with Gasteiger partial charge in [-0.3, -0.25) is 4.79 Å². The molecule has 0 spiro atoms. The number of allylic oxidation sites excluding steroid dienone is 5. The van der Waals surface area contributed by atoms with Crippen LogP contribution in [0.1, 0.15) is 71.6 Å². The van der Waals surface area contributed by atoms with Crippen LogP contribution >= 0.6 is 0 Å². The molecule has 0 radical (unpaired) electrons. The first-order chi connectivity index (χ1) is 13.6. The predicted molar refractivity (Wildman–Crippen MR) is 117 cm³/mol. The molecule has 4 nitrogen and oxygen atoms in total. The Morgan fingerprint density at radius 3 is 2.11 bits per heavy atom. The summed E-state index contributed by atoms with van der Waals surface area (Å²) in [6.07, 6.45) is 22.0. The maximum Gasteiger partial charge on any atom is 0.306 e. The smallest absolute Gasteiger partial charge is 0.306 e. The second-order valence-electron chi connectivity index (χ2n) is 7.14. The number of hydrogen-bond donors (Lipinski definition) is 0. The molecule has 0 aromatic rings. The Morgan fingerprint density at radius 2 is 1.50 bits per heavy atom. The molecular formula is C24H42O4. The highest BCUT2D eigenvalue weighted by Gasteiger charge is 2.20. The number of unbranched alkanes of at least 4 members (excludes halogenated alkanes) is 5. The third-order valence-electron chi connectivity index (χ3n) is 4.88. The van der Waals surface area contributed by atoms with Gasteiger partial charge >= 0.3 is 5.97 Å². The largest absolute Gasteiger partial charge is 0.469 e. The molecule has 0 aliphatic carbocycles. The van der Waals surface area contributed by atoms with Crippen LogP contribution in [0, 0.1) is 11.8 Å². The Kier molecular flexibility index (Phi) is 18.0. The summed E-state index contributed by atoms with van der Waals surface area (Å²) in [4.78, 5) is 12.0. The van der Waals surface area contributed by atoms with E-state index in [1.165, 1.54) is 39.2 Å². The quantitative estimate of drug-likeness (QED) is 0.0964. The summed E-state index contributed by atoms with van der Waals surface area (Å²) in [5, 5.41) is 0. The average Bonchev–Trinajstić information content (AvgIpc) is 2.71. The number of carbonyl (C=O) groups excluding carboxylic acids is 1. The summed E-state index contributed by atoms with van der Waals surface area (Å²) in [7, 11) is 4.70. The summed E-state index contributed by atoms with van der Waals surface area (Å²) in [6.45, 7) is 4.41. The molecular weight excluding hydrogens is 352 g/mol. The fraction of sp³-hybridized carbons (Fsp3) is 0.708. The Labute approximate surface area is 173 Å². The number of rotatable bonds is 17. The highest BCUT2D eigenvalue weighted by Crippen LogP contribution is 2.26. The van der Waals surface area contributed by atoms with Gasteiger partial charge in [-0.15, -0.1) is 0 Å². The monoisotopic (exact) mass is 394 g/mol. The van der Waals surface area contributed by atoms with Crippen LogP contribution in [-0.4, -0.2) is 33.6 Å². The molecule has 0 bridgehead atoms. The van der Waals surface area contributed by atoms with Crippen LogP contribution in [0.25, 0.3) is 0 Å². The van der Waals surface area contributed by atoms with Crippen molar-refractivity contribution in [1.29, 1.82) is 0 Å². The lowest BCUT2D eigenvalue weighted by Gasteiger charge is -2.22. The summed E-state index contributed by atoms with van der Waals surface area (Å²) < 4.78 is 15.5. The van der Waals surface area contributed by atoms with E-state index in [2.05, 4.69) is 44.2 Å². The SMILES string of the molecule is CCCCC/C=C/C=C/C(CC(=O)OC)C(/C=C/C(OC)OC)CCCCC. The van der Waals surface area contributed by atoms with Crippen molar-refractivity contribution in [2.24, 2.45) is 11.8 Å². The van der Waals surface area contributed by atoms with Crippen LogP contribution in [-0.2, 0) is 19.0 Å². The van der Waals surface area contributed by atoms with Crippen molar-refractivity contribution in [3.63, 3.8) is 0 Å². The van der Waals surface area contributed by atoms with Gasteiger partial charge in [0.05, 0.1) is 13.5 Å². The van der Waals surface area contributed by atoms with Gasteiger partial charge in [-0.05, 0) is 37.2 Å². The zero-order chi connectivity index (χ0) is 21.0. The second-order valence-corrected chi connectivity index (χ2v) is 7.14. The lowest BCUT2D eigenvalue weighted by atomic mass is 9.84. The maximum atomic E-state index is 12.0. The minimum atomic E-state index is -0.366. The number of hydrogen-bond acceptors (Lipinski definition) is 4. The van der Waals surface area contributed by atoms with E-state index in [1.807, 2.05) is 6.08 Å². The first-order valence-corrected chi connectivity index (χ1v) is 10.8. The summed E-state index contributed by atoms with van der Waals surface area (Å²) >= 11 is 0. The first kappa shape index (κ1) is 26.6. The van der Waals surface area contributed by atoms with Crippen LogP contribution in [0.5, 0.6) is 0 Å². The normalized spacial score (nSPS) is 14.5. The molecule has 2 unspecified atom stereocenters. The third kappa shape index (κ3) is 13.7. The zero-order valence-electron chi connectivity index (χ0n) is 18.7. The van der Waals surface area contributed by atoms with Crippen LogP contribution in [0.15, 0.2) is 36.5 Å². The molecule has 28 heavy (non-hydrogen) atoms. The number of esters is 1. The van der Waals surface area contributed by atoms with Gasteiger partial charge in [-0.2, -0.15) is 0 Å². The van der Waals surface area contributed by atoms with E-state index in [1.54, 1.807) is 14.2 Å². The van der Waals surface area contributed by atoms with Crippen molar-refractivity contribution in [2.45, 2.75) is 77.9 Å². The molecule has 0 rings (SSSR count). The standard InChI is InChI=1S/C24H42O4/c1-6-8-10-11-12-13-15-17-22(20-23(25)26-3)21(16-14-9-7-2)18-19-24(27-4)28-5/h12-13,15,17-19,21-22,24H,6-11,14,16,20H2,1-5H3/b13-12+,17-15+,19-18+. The van der Waals surface area contributed by atoms with Gasteiger partial charge in [0, 0.05) is 14.2 Å². The molecule has 2 atom stereocenters. The van der Waals surface area contributed by atoms with Gasteiger partial charge in [0.2, 0.25) is 0 Å². The van der Waals surface area contributed by atoms with E-state index in [-0.39, 0.29) is 24.1 Å². The highest BCUT2D eigenvalue weighted by molar-refractivity contribution is 5.69. The van der Waals surface area contributed by atoms with Gasteiger partial charge < -0.3 is 14.2 Å². The van der Waals surface area contributed by atoms with Crippen LogP contribution in [0.2, 0.25) is 0 Å². The minimum Gasteiger partial charge on any atom is -0.469 e. The van der Waals surface area contributed by atoms with E-state index in [0.717, 1.165) is 19.3 Å². The summed E-state index contributed by atoms with van der Waals surface area (Å²) in [5.41, 5.74) is 0. The number of carbonyl (C=O) groups is 1. The Balaban J connectivity index is 5.18. The molecule has 0 aromatic carbocycles. The lowest BCUT2D eigenvalue weighted by Crippen LogP contribution is -2.18. The number of methoxy groups -OCH3 is 3. The average molecular weight is 395 g/mol. The molecule has 0 saturated heterocycles. The topological polar surface area (TPSA) is 44.8 Å². The zero-order valence-corrected chi connectivity index (χ0v) is 18.7. The Hall–Kier alpha value is -1.39. The summed E-state index contributed by atoms with van der Waals surface area (Å²) in [5.74, 6) is 0.156. The lowest BCUT2D eigenvalue weighted by molar-refractivity contribution is -0.141. The highest BCUT2D eigenvalue weighted by atomic mass is 16.7. The van der Waals surface area contributed by atoms with Crippen LogP contribution in [0.4, 0.5) is 0 Å². The van der Waals surface area contributed by atoms with E-state index in [4.69, 9.17) is 14.2 Å². The molecule has 0 saturated carbocycles. The van der Waals surface area contributed by atoms with Crippen molar-refractivity contribution in [3.05, 3.63) is 36.5 Å². The van der Waals surface area contributed by atoms with E-state index in [0.29, 0.717) is 6.42 Å². The van der Waals surface area contributed by atoms with Gasteiger partial charge in [0.25, 0.3) is 0 Å². The fourth-order valence-corrected chi connectivity index (χ4v) is 3.10. The molecule has 0 heterocycles. The number of ether oxygens (including phenoxy) is 3. The third-order valence-corrected chi connectivity index (χ3v) is 4.88. The maximum absolute atomic E-state index is 12.0. The van der Waals surface area contributed by atoms with Crippen LogP contribution in [0.3, 0.4) is 0 Å². The Morgan fingerprint density at radius 1 is 0.821 bits per heavy atom. The first-order valence-electron chi connectivity index (χ1n) is 10.8. The molecule has 0 amide bonds. The van der Waals surface area contributed by atoms with Crippen molar-refractivity contribution in [1.82, 2.24) is 0 Å².